The molecular weight excluding hydrogens is 342 g/mol. The fraction of sp³-hybridized carbons (Fsp3) is 0.364. The minimum absolute atomic E-state index is 0.560. The standard InChI is InChI=1S/C11H10ClIO3/c1-10(7-3-5-8(13)6-4-7)11(12,16-10)9(14)15-2/h3-6H,1-2H3. The molecule has 1 heterocycles. The average Bonchev–Trinajstić information content (AvgIpc) is 2.84. The summed E-state index contributed by atoms with van der Waals surface area (Å²) in [6, 6.07) is 7.68. The van der Waals surface area contributed by atoms with Gasteiger partial charge in [0.25, 0.3) is 5.06 Å². The number of hydrogen-bond donors (Lipinski definition) is 0. The molecule has 1 fully saturated rings. The van der Waals surface area contributed by atoms with E-state index in [1.807, 2.05) is 24.3 Å². The normalized spacial score (nSPS) is 32.2. The molecule has 0 aliphatic carbocycles. The molecule has 3 nitrogen and oxygen atoms in total. The molecule has 1 aliphatic heterocycles. The van der Waals surface area contributed by atoms with Crippen molar-refractivity contribution in [3.8, 4) is 0 Å². The van der Waals surface area contributed by atoms with E-state index in [0.717, 1.165) is 9.13 Å². The van der Waals surface area contributed by atoms with Gasteiger partial charge in [0.05, 0.1) is 7.11 Å². The number of alkyl halides is 1. The molecule has 0 N–H and O–H groups in total. The van der Waals surface area contributed by atoms with Crippen LogP contribution in [-0.2, 0) is 19.9 Å². The highest BCUT2D eigenvalue weighted by Gasteiger charge is 2.73. The summed E-state index contributed by atoms with van der Waals surface area (Å²) in [6.07, 6.45) is 0. The van der Waals surface area contributed by atoms with E-state index in [1.165, 1.54) is 7.11 Å². The second-order valence-electron chi connectivity index (χ2n) is 3.73. The zero-order valence-corrected chi connectivity index (χ0v) is 11.7. The third kappa shape index (κ3) is 1.63. The number of epoxide rings is 1. The minimum atomic E-state index is -1.38. The topological polar surface area (TPSA) is 38.8 Å². The van der Waals surface area contributed by atoms with Crippen molar-refractivity contribution < 1.29 is 14.3 Å². The predicted octanol–water partition coefficient (Wildman–Crippen LogP) is 2.64. The molecule has 86 valence electrons. The van der Waals surface area contributed by atoms with Gasteiger partial charge in [0, 0.05) is 3.57 Å². The number of benzene rings is 1. The van der Waals surface area contributed by atoms with Crippen molar-refractivity contribution in [3.63, 3.8) is 0 Å². The van der Waals surface area contributed by atoms with Crippen LogP contribution in [0.15, 0.2) is 24.3 Å². The van der Waals surface area contributed by atoms with Crippen molar-refractivity contribution in [2.75, 3.05) is 7.11 Å². The van der Waals surface area contributed by atoms with E-state index in [4.69, 9.17) is 16.3 Å². The number of carbonyl (C=O) groups excluding carboxylic acids is 1. The summed E-state index contributed by atoms with van der Waals surface area (Å²) in [5, 5.41) is -1.38. The van der Waals surface area contributed by atoms with E-state index < -0.39 is 16.6 Å². The number of halogens is 2. The van der Waals surface area contributed by atoms with E-state index in [1.54, 1.807) is 6.92 Å². The van der Waals surface area contributed by atoms with Crippen LogP contribution in [0.1, 0.15) is 12.5 Å². The Morgan fingerprint density at radius 1 is 1.44 bits per heavy atom. The lowest BCUT2D eigenvalue weighted by Gasteiger charge is -2.09. The van der Waals surface area contributed by atoms with Gasteiger partial charge in [-0.25, -0.2) is 4.79 Å². The van der Waals surface area contributed by atoms with Crippen LogP contribution in [0.3, 0.4) is 0 Å². The lowest BCUT2D eigenvalue weighted by atomic mass is 9.97. The first kappa shape index (κ1) is 12.1. The van der Waals surface area contributed by atoms with Crippen molar-refractivity contribution in [1.29, 1.82) is 0 Å². The summed E-state index contributed by atoms with van der Waals surface area (Å²) in [6.45, 7) is 1.78. The van der Waals surface area contributed by atoms with E-state index in [2.05, 4.69) is 27.3 Å². The molecule has 1 aromatic rings. The van der Waals surface area contributed by atoms with Gasteiger partial charge >= 0.3 is 5.97 Å². The van der Waals surface area contributed by atoms with E-state index in [0.29, 0.717) is 0 Å². The lowest BCUT2D eigenvalue weighted by molar-refractivity contribution is -0.143. The quantitative estimate of drug-likeness (QED) is 0.355. The van der Waals surface area contributed by atoms with Crippen molar-refractivity contribution in [3.05, 3.63) is 33.4 Å². The first-order valence-electron chi connectivity index (χ1n) is 4.67. The summed E-state index contributed by atoms with van der Waals surface area (Å²) in [5.41, 5.74) is 0.0692. The number of hydrogen-bond acceptors (Lipinski definition) is 3. The Morgan fingerprint density at radius 2 is 2.00 bits per heavy atom. The first-order chi connectivity index (χ1) is 7.44. The highest BCUT2D eigenvalue weighted by molar-refractivity contribution is 14.1. The van der Waals surface area contributed by atoms with Gasteiger partial charge in [-0.3, -0.25) is 0 Å². The van der Waals surface area contributed by atoms with Crippen LogP contribution in [0, 0.1) is 3.57 Å². The molecule has 2 rings (SSSR count). The van der Waals surface area contributed by atoms with Crippen LogP contribution in [0.5, 0.6) is 0 Å². The summed E-state index contributed by atoms with van der Waals surface area (Å²) in [4.78, 5) is 11.5. The van der Waals surface area contributed by atoms with Gasteiger partial charge in [-0.15, -0.1) is 0 Å². The summed E-state index contributed by atoms with van der Waals surface area (Å²) in [7, 11) is 1.29. The number of carbonyl (C=O) groups is 1. The third-order valence-electron chi connectivity index (χ3n) is 2.76. The van der Waals surface area contributed by atoms with Crippen LogP contribution in [0.25, 0.3) is 0 Å². The van der Waals surface area contributed by atoms with Gasteiger partial charge in [-0.1, -0.05) is 23.7 Å². The summed E-state index contributed by atoms with van der Waals surface area (Å²) < 4.78 is 11.1. The van der Waals surface area contributed by atoms with Crippen molar-refractivity contribution >= 4 is 40.2 Å². The smallest absolute Gasteiger partial charge is 0.357 e. The molecule has 0 aromatic heterocycles. The number of rotatable bonds is 2. The molecule has 1 saturated heterocycles. The SMILES string of the molecule is COC(=O)C1(Cl)OC1(C)c1ccc(I)cc1. The van der Waals surface area contributed by atoms with Gasteiger partial charge in [-0.2, -0.15) is 0 Å². The molecule has 0 bridgehead atoms. The van der Waals surface area contributed by atoms with Gasteiger partial charge in [0.2, 0.25) is 0 Å². The minimum Gasteiger partial charge on any atom is -0.466 e. The number of methoxy groups -OCH3 is 1. The monoisotopic (exact) mass is 352 g/mol. The Morgan fingerprint density at radius 3 is 2.50 bits per heavy atom. The van der Waals surface area contributed by atoms with Crippen LogP contribution in [-0.4, -0.2) is 18.1 Å². The second-order valence-corrected chi connectivity index (χ2v) is 5.51. The van der Waals surface area contributed by atoms with Gasteiger partial charge in [0.15, 0.2) is 0 Å². The first-order valence-corrected chi connectivity index (χ1v) is 6.13. The van der Waals surface area contributed by atoms with Crippen LogP contribution < -0.4 is 0 Å². The molecule has 2 unspecified atom stereocenters. The molecule has 0 spiro atoms. The molecule has 2 atom stereocenters. The lowest BCUT2D eigenvalue weighted by Crippen LogP contribution is -2.26. The third-order valence-corrected chi connectivity index (χ3v) is 4.07. The van der Waals surface area contributed by atoms with Crippen molar-refractivity contribution in [2.45, 2.75) is 17.6 Å². The predicted molar refractivity (Wildman–Crippen MR) is 68.2 cm³/mol. The molecule has 1 aromatic carbocycles. The number of ether oxygens (including phenoxy) is 2. The van der Waals surface area contributed by atoms with Crippen molar-refractivity contribution in [2.24, 2.45) is 0 Å². The Balaban J connectivity index is 2.30. The molecule has 1 aliphatic rings. The maximum Gasteiger partial charge on any atom is 0.357 e. The van der Waals surface area contributed by atoms with Crippen molar-refractivity contribution in [1.82, 2.24) is 0 Å². The van der Waals surface area contributed by atoms with E-state index in [9.17, 15) is 4.79 Å². The Labute approximate surface area is 112 Å². The van der Waals surface area contributed by atoms with Crippen LogP contribution in [0.2, 0.25) is 0 Å². The molecule has 0 radical (unpaired) electrons. The fourth-order valence-electron chi connectivity index (χ4n) is 1.64. The fourth-order valence-corrected chi connectivity index (χ4v) is 2.34. The maximum absolute atomic E-state index is 11.5. The van der Waals surface area contributed by atoms with Crippen LogP contribution in [0.4, 0.5) is 0 Å². The zero-order chi connectivity index (χ0) is 12.0. The largest absolute Gasteiger partial charge is 0.466 e. The molecule has 0 saturated carbocycles. The van der Waals surface area contributed by atoms with Crippen LogP contribution >= 0.6 is 34.2 Å². The van der Waals surface area contributed by atoms with E-state index in [-0.39, 0.29) is 0 Å². The molecule has 0 amide bonds. The van der Waals surface area contributed by atoms with Gasteiger partial charge in [0.1, 0.15) is 5.60 Å². The maximum atomic E-state index is 11.5. The average molecular weight is 353 g/mol. The second kappa shape index (κ2) is 3.85. The van der Waals surface area contributed by atoms with E-state index >= 15 is 0 Å². The Bertz CT molecular complexity index is 433. The number of esters is 1. The molecule has 16 heavy (non-hydrogen) atoms. The Hall–Kier alpha value is -0.330. The van der Waals surface area contributed by atoms with Gasteiger partial charge in [-0.05, 0) is 47.2 Å². The summed E-state index contributed by atoms with van der Waals surface area (Å²) >= 11 is 8.29. The Kier molecular flexibility index (Phi) is 2.92. The highest BCUT2D eigenvalue weighted by atomic mass is 127. The molecular formula is C11H10ClIO3. The summed E-state index contributed by atoms with van der Waals surface area (Å²) in [5.74, 6) is -0.560. The molecule has 5 heteroatoms. The van der Waals surface area contributed by atoms with Gasteiger partial charge < -0.3 is 9.47 Å². The highest BCUT2D eigenvalue weighted by Crippen LogP contribution is 2.58. The zero-order valence-electron chi connectivity index (χ0n) is 8.79.